The van der Waals surface area contributed by atoms with Crippen molar-refractivity contribution in [1.29, 1.82) is 0 Å². The molecule has 1 saturated heterocycles. The van der Waals surface area contributed by atoms with Gasteiger partial charge in [0.1, 0.15) is 5.75 Å². The Kier molecular flexibility index (Phi) is 6.12. The summed E-state index contributed by atoms with van der Waals surface area (Å²) in [6.45, 7) is 4.42. The fourth-order valence-electron chi connectivity index (χ4n) is 4.09. The second-order valence-electron chi connectivity index (χ2n) is 8.13. The second-order valence-corrected chi connectivity index (χ2v) is 8.13. The van der Waals surface area contributed by atoms with Crippen molar-refractivity contribution >= 4 is 11.9 Å². The lowest BCUT2D eigenvalue weighted by Gasteiger charge is -2.26. The predicted molar refractivity (Wildman–Crippen MR) is 122 cm³/mol. The molecule has 0 radical (unpaired) electrons. The number of oxazole rings is 1. The largest absolute Gasteiger partial charge is 0.497 e. The van der Waals surface area contributed by atoms with Crippen LogP contribution in [0.4, 0.5) is 5.95 Å². The van der Waals surface area contributed by atoms with Gasteiger partial charge in [0.25, 0.3) is 5.91 Å². The number of benzene rings is 1. The maximum absolute atomic E-state index is 13.5. The van der Waals surface area contributed by atoms with Crippen molar-refractivity contribution in [2.75, 3.05) is 32.6 Å². The highest BCUT2D eigenvalue weighted by atomic mass is 16.5. The van der Waals surface area contributed by atoms with E-state index in [0.717, 1.165) is 35.4 Å². The number of hydrogen-bond acceptors (Lipinski definition) is 7. The van der Waals surface area contributed by atoms with Crippen molar-refractivity contribution in [3.63, 3.8) is 0 Å². The third-order valence-corrected chi connectivity index (χ3v) is 5.75. The Bertz CT molecular complexity index is 1120. The van der Waals surface area contributed by atoms with Gasteiger partial charge in [-0.2, -0.15) is 0 Å². The number of carbonyl (C=O) groups is 1. The molecule has 168 valence electrons. The van der Waals surface area contributed by atoms with Gasteiger partial charge in [0.15, 0.2) is 5.89 Å². The van der Waals surface area contributed by atoms with Crippen LogP contribution in [0.2, 0.25) is 0 Å². The maximum Gasteiger partial charge on any atom is 0.292 e. The van der Waals surface area contributed by atoms with Gasteiger partial charge in [-0.25, -0.2) is 15.0 Å². The van der Waals surface area contributed by atoms with E-state index >= 15 is 0 Å². The Labute approximate surface area is 188 Å². The summed E-state index contributed by atoms with van der Waals surface area (Å²) in [5, 5.41) is 0. The summed E-state index contributed by atoms with van der Waals surface area (Å²) < 4.78 is 11.2. The van der Waals surface area contributed by atoms with E-state index in [1.807, 2.05) is 68.2 Å². The number of likely N-dealkylation sites (tertiary alicyclic amines) is 1. The Morgan fingerprint density at radius 3 is 2.81 bits per heavy atom. The molecule has 3 heterocycles. The quantitative estimate of drug-likeness (QED) is 0.577. The van der Waals surface area contributed by atoms with E-state index in [1.165, 1.54) is 0 Å². The van der Waals surface area contributed by atoms with Gasteiger partial charge in [-0.05, 0) is 37.5 Å². The molecule has 0 spiro atoms. The van der Waals surface area contributed by atoms with E-state index in [0.29, 0.717) is 36.3 Å². The van der Waals surface area contributed by atoms with Crippen LogP contribution in [-0.2, 0) is 6.42 Å². The second kappa shape index (κ2) is 8.98. The fraction of sp³-hybridized carbons (Fsp3) is 0.417. The van der Waals surface area contributed by atoms with Gasteiger partial charge < -0.3 is 19.0 Å². The fourth-order valence-corrected chi connectivity index (χ4v) is 4.09. The average molecular weight is 436 g/mol. The third kappa shape index (κ3) is 4.04. The summed E-state index contributed by atoms with van der Waals surface area (Å²) in [7, 11) is 5.46. The molecule has 1 aliphatic rings. The zero-order chi connectivity index (χ0) is 22.8. The molecule has 4 rings (SSSR count). The zero-order valence-electron chi connectivity index (χ0n) is 19.3. The van der Waals surface area contributed by atoms with Crippen molar-refractivity contribution in [3.05, 3.63) is 53.5 Å². The van der Waals surface area contributed by atoms with Gasteiger partial charge in [-0.3, -0.25) is 4.79 Å². The first-order valence-electron chi connectivity index (χ1n) is 10.9. The molecule has 1 aromatic carbocycles. The minimum absolute atomic E-state index is 0.140. The predicted octanol–water partition coefficient (Wildman–Crippen LogP) is 4.05. The summed E-state index contributed by atoms with van der Waals surface area (Å²) >= 11 is 0. The van der Waals surface area contributed by atoms with Gasteiger partial charge in [-0.15, -0.1) is 0 Å². The maximum atomic E-state index is 13.5. The van der Waals surface area contributed by atoms with Crippen LogP contribution in [0.3, 0.4) is 0 Å². The lowest BCUT2D eigenvalue weighted by Crippen LogP contribution is -2.32. The molecule has 1 amide bonds. The van der Waals surface area contributed by atoms with E-state index in [4.69, 9.17) is 14.1 Å². The molecular formula is C24H29N5O3. The number of ether oxygens (including phenoxy) is 1. The Morgan fingerprint density at radius 2 is 2.12 bits per heavy atom. The highest BCUT2D eigenvalue weighted by Gasteiger charge is 2.36. The molecule has 0 N–H and O–H groups in total. The molecule has 0 saturated carbocycles. The first-order valence-corrected chi connectivity index (χ1v) is 10.9. The van der Waals surface area contributed by atoms with Crippen LogP contribution in [0.5, 0.6) is 5.75 Å². The molecule has 0 bridgehead atoms. The van der Waals surface area contributed by atoms with Crippen LogP contribution in [-0.4, -0.2) is 53.5 Å². The lowest BCUT2D eigenvalue weighted by atomic mass is 9.99. The Hall–Kier alpha value is -3.42. The molecule has 1 unspecified atom stereocenters. The van der Waals surface area contributed by atoms with E-state index in [2.05, 4.69) is 9.97 Å². The van der Waals surface area contributed by atoms with Crippen molar-refractivity contribution < 1.29 is 13.9 Å². The summed E-state index contributed by atoms with van der Waals surface area (Å²) in [6.07, 6.45) is 4.20. The van der Waals surface area contributed by atoms with E-state index in [1.54, 1.807) is 7.11 Å². The summed E-state index contributed by atoms with van der Waals surface area (Å²) in [5.41, 5.74) is 3.30. The van der Waals surface area contributed by atoms with Gasteiger partial charge in [-0.1, -0.05) is 19.1 Å². The summed E-state index contributed by atoms with van der Waals surface area (Å²) in [4.78, 5) is 31.0. The van der Waals surface area contributed by atoms with Crippen molar-refractivity contribution in [2.24, 2.45) is 0 Å². The molecule has 1 fully saturated rings. The number of rotatable bonds is 6. The summed E-state index contributed by atoms with van der Waals surface area (Å²) in [6, 6.07) is 7.64. The normalized spacial score (nSPS) is 15.8. The topological polar surface area (TPSA) is 84.6 Å². The number of amides is 1. The SMILES string of the molecule is CCc1nc(C)c(C(=O)N2CCCC2c2nc(N(C)C)ncc2-c2cccc(OC)c2)o1. The first kappa shape index (κ1) is 21.8. The molecule has 32 heavy (non-hydrogen) atoms. The van der Waals surface area contributed by atoms with Crippen molar-refractivity contribution in [1.82, 2.24) is 19.9 Å². The Morgan fingerprint density at radius 1 is 1.31 bits per heavy atom. The minimum Gasteiger partial charge on any atom is -0.497 e. The third-order valence-electron chi connectivity index (χ3n) is 5.75. The molecular weight excluding hydrogens is 406 g/mol. The van der Waals surface area contributed by atoms with E-state index < -0.39 is 0 Å². The number of nitrogens with zero attached hydrogens (tertiary/aromatic N) is 5. The summed E-state index contributed by atoms with van der Waals surface area (Å²) in [5.74, 6) is 2.12. The van der Waals surface area contributed by atoms with Gasteiger partial charge >= 0.3 is 0 Å². The molecule has 8 nitrogen and oxygen atoms in total. The van der Waals surface area contributed by atoms with Gasteiger partial charge in [0.05, 0.1) is 24.5 Å². The molecule has 1 aliphatic heterocycles. The molecule has 2 aromatic heterocycles. The van der Waals surface area contributed by atoms with Gasteiger partial charge in [0.2, 0.25) is 11.7 Å². The lowest BCUT2D eigenvalue weighted by molar-refractivity contribution is 0.0698. The Balaban J connectivity index is 1.78. The van der Waals surface area contributed by atoms with Crippen molar-refractivity contribution in [2.45, 2.75) is 39.2 Å². The zero-order valence-corrected chi connectivity index (χ0v) is 19.3. The number of anilines is 1. The molecule has 0 aliphatic carbocycles. The number of carbonyl (C=O) groups excluding carboxylic acids is 1. The standard InChI is InChI=1S/C24H29N5O3/c1-6-20-26-15(2)22(32-20)23(30)29-12-8-11-19(29)21-18(14-25-24(27-21)28(3)4)16-9-7-10-17(13-16)31-5/h7,9-10,13-14,19H,6,8,11-12H2,1-5H3. The van der Waals surface area contributed by atoms with Gasteiger partial charge in [0, 0.05) is 38.8 Å². The van der Waals surface area contributed by atoms with Crippen LogP contribution in [0, 0.1) is 6.92 Å². The highest BCUT2D eigenvalue weighted by Crippen LogP contribution is 2.38. The number of aromatic nitrogens is 3. The van der Waals surface area contributed by atoms with Crippen LogP contribution in [0.15, 0.2) is 34.9 Å². The van der Waals surface area contributed by atoms with Crippen LogP contribution < -0.4 is 9.64 Å². The average Bonchev–Trinajstić information content (AvgIpc) is 3.45. The number of methoxy groups -OCH3 is 1. The monoisotopic (exact) mass is 435 g/mol. The minimum atomic E-state index is -0.181. The molecule has 1 atom stereocenters. The number of hydrogen-bond donors (Lipinski definition) is 0. The molecule has 3 aromatic rings. The van der Waals surface area contributed by atoms with Crippen LogP contribution in [0.25, 0.3) is 11.1 Å². The van der Waals surface area contributed by atoms with Crippen LogP contribution in [0.1, 0.15) is 53.6 Å². The molecule has 8 heteroatoms. The van der Waals surface area contributed by atoms with Crippen molar-refractivity contribution in [3.8, 4) is 16.9 Å². The smallest absolute Gasteiger partial charge is 0.292 e. The van der Waals surface area contributed by atoms with Crippen LogP contribution >= 0.6 is 0 Å². The van der Waals surface area contributed by atoms with E-state index in [-0.39, 0.29) is 11.9 Å². The first-order chi connectivity index (χ1) is 15.4. The number of aryl methyl sites for hydroxylation is 2. The highest BCUT2D eigenvalue weighted by molar-refractivity contribution is 5.93. The van der Waals surface area contributed by atoms with E-state index in [9.17, 15) is 4.79 Å².